The van der Waals surface area contributed by atoms with Crippen LogP contribution in [-0.2, 0) is 13.5 Å². The van der Waals surface area contributed by atoms with Gasteiger partial charge in [-0.15, -0.1) is 0 Å². The van der Waals surface area contributed by atoms with Gasteiger partial charge in [0.25, 0.3) is 5.88 Å². The first-order valence-corrected chi connectivity index (χ1v) is 10.6. The molecule has 2 bridgehead atoms. The second-order valence-corrected chi connectivity index (χ2v) is 8.43. The molecule has 1 spiro atoms. The highest BCUT2D eigenvalue weighted by Crippen LogP contribution is 2.43. The summed E-state index contributed by atoms with van der Waals surface area (Å²) in [6.45, 7) is 1.79. The molecule has 3 aromatic rings. The Morgan fingerprint density at radius 3 is 2.84 bits per heavy atom. The first-order valence-electron chi connectivity index (χ1n) is 10.6. The van der Waals surface area contributed by atoms with Crippen molar-refractivity contribution in [2.75, 3.05) is 5.73 Å². The lowest BCUT2D eigenvalue weighted by Crippen LogP contribution is -2.44. The highest BCUT2D eigenvalue weighted by molar-refractivity contribution is 5.69. The minimum absolute atomic E-state index is 0.105. The van der Waals surface area contributed by atoms with E-state index in [1.165, 1.54) is 18.3 Å². The molecule has 8 nitrogen and oxygen atoms in total. The molecule has 1 fully saturated rings. The van der Waals surface area contributed by atoms with Gasteiger partial charge in [-0.25, -0.2) is 14.4 Å². The van der Waals surface area contributed by atoms with Crippen LogP contribution in [0.25, 0.3) is 11.3 Å². The third-order valence-corrected chi connectivity index (χ3v) is 6.36. The predicted octanol–water partition coefficient (Wildman–Crippen LogP) is 3.86. The summed E-state index contributed by atoms with van der Waals surface area (Å²) in [5.41, 5.74) is 8.47. The minimum Gasteiger partial charge on any atom is -0.487 e. The Kier molecular flexibility index (Phi) is 4.73. The van der Waals surface area contributed by atoms with Gasteiger partial charge in [-0.2, -0.15) is 10.4 Å². The van der Waals surface area contributed by atoms with Gasteiger partial charge < -0.3 is 15.2 Å². The van der Waals surface area contributed by atoms with Gasteiger partial charge in [-0.05, 0) is 57.2 Å². The number of nitrogens with two attached hydrogens (primary N) is 1. The number of nitrogen functional groups attached to an aromatic ring is 1. The number of hydrogen-bond acceptors (Lipinski definition) is 7. The lowest BCUT2D eigenvalue weighted by Gasteiger charge is -2.42. The van der Waals surface area contributed by atoms with E-state index in [9.17, 15) is 9.65 Å². The van der Waals surface area contributed by atoms with E-state index in [4.69, 9.17) is 15.2 Å². The van der Waals surface area contributed by atoms with Gasteiger partial charge in [0.05, 0.1) is 23.1 Å². The summed E-state index contributed by atoms with van der Waals surface area (Å²) in [6, 6.07) is 6.68. The van der Waals surface area contributed by atoms with Crippen LogP contribution in [0.4, 0.5) is 10.2 Å². The molecule has 1 unspecified atom stereocenters. The third-order valence-electron chi connectivity index (χ3n) is 6.36. The molecule has 2 N–H and O–H groups in total. The van der Waals surface area contributed by atoms with Crippen molar-refractivity contribution < 1.29 is 13.9 Å². The summed E-state index contributed by atoms with van der Waals surface area (Å²) in [5, 5.41) is 14.3. The molecule has 9 heteroatoms. The van der Waals surface area contributed by atoms with E-state index in [2.05, 4.69) is 21.1 Å². The molecule has 1 atom stereocenters. The van der Waals surface area contributed by atoms with Gasteiger partial charge in [-0.3, -0.25) is 4.68 Å². The Labute approximate surface area is 184 Å². The molecule has 1 aliphatic carbocycles. The van der Waals surface area contributed by atoms with Crippen molar-refractivity contribution in [2.24, 2.45) is 7.05 Å². The lowest BCUT2D eigenvalue weighted by atomic mass is 9.76. The van der Waals surface area contributed by atoms with E-state index in [0.29, 0.717) is 41.1 Å². The fourth-order valence-electron chi connectivity index (χ4n) is 4.46. The van der Waals surface area contributed by atoms with Gasteiger partial charge >= 0.3 is 0 Å². The number of aryl methyl sites for hydroxylation is 2. The number of halogens is 1. The van der Waals surface area contributed by atoms with Crippen LogP contribution < -0.4 is 15.2 Å². The van der Waals surface area contributed by atoms with Crippen LogP contribution in [0.5, 0.6) is 11.6 Å². The van der Waals surface area contributed by atoms with E-state index in [0.717, 1.165) is 25.0 Å². The summed E-state index contributed by atoms with van der Waals surface area (Å²) in [6.07, 6.45) is 5.09. The molecule has 1 aromatic carbocycles. The first-order chi connectivity index (χ1) is 15.4. The zero-order valence-corrected chi connectivity index (χ0v) is 17.9. The van der Waals surface area contributed by atoms with Gasteiger partial charge in [-0.1, -0.05) is 0 Å². The van der Waals surface area contributed by atoms with Crippen LogP contribution in [0.15, 0.2) is 24.4 Å². The summed E-state index contributed by atoms with van der Waals surface area (Å²) >= 11 is 0. The largest absolute Gasteiger partial charge is 0.487 e. The van der Waals surface area contributed by atoms with Crippen molar-refractivity contribution >= 4 is 5.82 Å². The van der Waals surface area contributed by atoms with Gasteiger partial charge in [0, 0.05) is 12.6 Å². The van der Waals surface area contributed by atoms with E-state index < -0.39 is 6.10 Å². The second-order valence-electron chi connectivity index (χ2n) is 8.43. The minimum atomic E-state index is -0.589. The van der Waals surface area contributed by atoms with Crippen LogP contribution in [0, 0.1) is 17.1 Å². The first kappa shape index (κ1) is 20.2. The molecular formula is C23H23FN6O2. The molecule has 164 valence electrons. The molecule has 2 aromatic heterocycles. The number of nitrogens with zero attached hydrogens (tertiary/aromatic N) is 5. The Morgan fingerprint density at radius 1 is 1.31 bits per heavy atom. The van der Waals surface area contributed by atoms with Crippen molar-refractivity contribution in [1.82, 2.24) is 19.7 Å². The number of benzene rings is 1. The maximum atomic E-state index is 14.1. The molecule has 0 amide bonds. The summed E-state index contributed by atoms with van der Waals surface area (Å²) in [4.78, 5) is 8.81. The van der Waals surface area contributed by atoms with Crippen LogP contribution in [0.3, 0.4) is 0 Å². The zero-order chi connectivity index (χ0) is 22.5. The molecule has 5 rings (SSSR count). The van der Waals surface area contributed by atoms with E-state index in [1.54, 1.807) is 24.7 Å². The fraction of sp³-hybridized carbons (Fsp3) is 0.391. The maximum absolute atomic E-state index is 14.1. The lowest BCUT2D eigenvalue weighted by molar-refractivity contribution is -0.0166. The van der Waals surface area contributed by atoms with Crippen molar-refractivity contribution in [1.29, 1.82) is 5.26 Å². The van der Waals surface area contributed by atoms with Crippen molar-refractivity contribution in [2.45, 2.75) is 50.7 Å². The molecule has 0 saturated heterocycles. The number of rotatable bonds is 0. The fourth-order valence-corrected chi connectivity index (χ4v) is 4.46. The monoisotopic (exact) mass is 434 g/mol. The second kappa shape index (κ2) is 7.48. The Bertz CT molecular complexity index is 1240. The van der Waals surface area contributed by atoms with Crippen LogP contribution in [-0.4, -0.2) is 25.3 Å². The number of hydrogen-bond donors (Lipinski definition) is 1. The number of aromatic nitrogens is 4. The normalized spacial score (nSPS) is 19.0. The Hall–Kier alpha value is -3.67. The quantitative estimate of drug-likeness (QED) is 0.572. The number of ether oxygens (including phenoxy) is 2. The molecule has 0 radical (unpaired) electrons. The average molecular weight is 434 g/mol. The van der Waals surface area contributed by atoms with E-state index in [-0.39, 0.29) is 23.1 Å². The number of nitriles is 1. The molecule has 1 aliphatic heterocycles. The average Bonchev–Trinajstić information content (AvgIpc) is 3.07. The van der Waals surface area contributed by atoms with E-state index >= 15 is 0 Å². The molecule has 1 saturated carbocycles. The summed E-state index contributed by atoms with van der Waals surface area (Å²) < 4.78 is 28.2. The number of fused-ring (bicyclic) bond motifs is 5. The zero-order valence-electron chi connectivity index (χ0n) is 17.9. The van der Waals surface area contributed by atoms with Crippen LogP contribution in [0.1, 0.15) is 55.7 Å². The predicted molar refractivity (Wildman–Crippen MR) is 114 cm³/mol. The van der Waals surface area contributed by atoms with Crippen LogP contribution >= 0.6 is 0 Å². The van der Waals surface area contributed by atoms with Gasteiger partial charge in [0.15, 0.2) is 5.82 Å². The molecule has 32 heavy (non-hydrogen) atoms. The SMILES string of the molecule is CC1Oc2nc(cnc2N)-c2c(nn(C)c2C#N)CCC2(CCC2)Oc2ccc(F)cc21. The standard InChI is InChI=1S/C23H23FN6O2/c1-13-15-10-14(24)4-5-19(15)32-23(7-3-8-23)9-6-16-20(18(11-25)30(2)29-16)17-12-27-21(26)22(28-17)31-13/h4-5,10,12-13H,3,6-9H2,1-2H3,(H2,26,27). The van der Waals surface area contributed by atoms with Gasteiger partial charge in [0.2, 0.25) is 0 Å². The molecule has 2 aliphatic rings. The van der Waals surface area contributed by atoms with Crippen molar-refractivity contribution in [3.8, 4) is 29.0 Å². The van der Waals surface area contributed by atoms with Crippen molar-refractivity contribution in [3.05, 3.63) is 47.2 Å². The highest BCUT2D eigenvalue weighted by Gasteiger charge is 2.40. The molecule has 3 heterocycles. The smallest absolute Gasteiger partial charge is 0.258 e. The van der Waals surface area contributed by atoms with Gasteiger partial charge in [0.1, 0.15) is 35.0 Å². The Balaban J connectivity index is 1.69. The van der Waals surface area contributed by atoms with E-state index in [1.807, 2.05) is 0 Å². The Morgan fingerprint density at radius 2 is 2.12 bits per heavy atom. The summed E-state index contributed by atoms with van der Waals surface area (Å²) in [7, 11) is 1.74. The topological polar surface area (TPSA) is 112 Å². The summed E-state index contributed by atoms with van der Waals surface area (Å²) in [5.74, 6) is 0.424. The number of anilines is 1. The third kappa shape index (κ3) is 3.32. The molecular weight excluding hydrogens is 411 g/mol. The van der Waals surface area contributed by atoms with Crippen LogP contribution in [0.2, 0.25) is 0 Å². The highest BCUT2D eigenvalue weighted by atomic mass is 19.1. The van der Waals surface area contributed by atoms with Crippen molar-refractivity contribution in [3.63, 3.8) is 0 Å². The maximum Gasteiger partial charge on any atom is 0.258 e.